The van der Waals surface area contributed by atoms with Crippen molar-refractivity contribution in [2.24, 2.45) is 0 Å². The van der Waals surface area contributed by atoms with Gasteiger partial charge in [0, 0.05) is 12.8 Å². The summed E-state index contributed by atoms with van der Waals surface area (Å²) in [6.45, 7) is 3.48. The molecule has 0 aromatic rings. The van der Waals surface area contributed by atoms with E-state index in [4.69, 9.17) is 19.3 Å². The first-order valence-electron chi connectivity index (χ1n) is 19.8. The number of carbonyl (C=O) groups excluding carboxylic acids is 2. The molecule has 0 saturated heterocycles. The van der Waals surface area contributed by atoms with Gasteiger partial charge in [-0.3, -0.25) is 14.1 Å². The highest BCUT2D eigenvalue weighted by molar-refractivity contribution is 7.46. The monoisotopic (exact) mass is 750 g/mol. The van der Waals surface area contributed by atoms with Crippen LogP contribution in [0, 0.1) is 0 Å². The van der Waals surface area contributed by atoms with Crippen molar-refractivity contribution in [1.29, 1.82) is 0 Å². The van der Waals surface area contributed by atoms with Crippen molar-refractivity contribution < 1.29 is 43.0 Å². The van der Waals surface area contributed by atoms with Gasteiger partial charge in [0.25, 0.3) is 0 Å². The smallest absolute Gasteiger partial charge is 0.462 e. The van der Waals surface area contributed by atoms with E-state index in [1.807, 2.05) is 18.2 Å². The number of rotatable bonds is 35. The van der Waals surface area contributed by atoms with Gasteiger partial charge in [-0.05, 0) is 77.0 Å². The summed E-state index contributed by atoms with van der Waals surface area (Å²) in [5.74, 6) is -1.03. The Hall–Kier alpha value is -2.55. The number of unbranched alkanes of at least 4 members (excludes halogenated alkanes) is 13. The molecule has 0 aromatic carbocycles. The molecule has 0 aliphatic carbocycles. The first-order chi connectivity index (χ1) is 25.2. The molecule has 298 valence electrons. The van der Waals surface area contributed by atoms with Gasteiger partial charge in [-0.1, -0.05) is 138 Å². The Bertz CT molecular complexity index is 1090. The topological polar surface area (TPSA) is 140 Å². The van der Waals surface area contributed by atoms with E-state index in [-0.39, 0.29) is 19.4 Å². The fourth-order valence-corrected chi connectivity index (χ4v) is 5.36. The van der Waals surface area contributed by atoms with E-state index in [1.54, 1.807) is 12.2 Å². The molecular weight excluding hydrogens is 679 g/mol. The zero-order valence-corrected chi connectivity index (χ0v) is 33.2. The molecule has 0 aliphatic rings. The summed E-state index contributed by atoms with van der Waals surface area (Å²) in [6.07, 6.45) is 43.6. The van der Waals surface area contributed by atoms with E-state index < -0.39 is 38.6 Å². The number of allylic oxidation sites excluding steroid dienone is 10. The van der Waals surface area contributed by atoms with Crippen LogP contribution in [-0.2, 0) is 28.2 Å². The van der Waals surface area contributed by atoms with Gasteiger partial charge in [-0.25, -0.2) is 4.57 Å². The largest absolute Gasteiger partial charge is 0.469 e. The number of phosphoric acid groups is 1. The van der Waals surface area contributed by atoms with Gasteiger partial charge in [-0.2, -0.15) is 0 Å². The Balaban J connectivity index is 4.17. The number of phosphoric ester groups is 1. The third-order valence-corrected chi connectivity index (χ3v) is 8.51. The van der Waals surface area contributed by atoms with E-state index in [9.17, 15) is 19.3 Å². The van der Waals surface area contributed by atoms with Gasteiger partial charge in [0.05, 0.1) is 12.7 Å². The number of esters is 2. The maximum absolute atomic E-state index is 12.4. The van der Waals surface area contributed by atoms with Crippen LogP contribution in [0.4, 0.5) is 0 Å². The molecule has 0 spiro atoms. The zero-order valence-electron chi connectivity index (χ0n) is 32.3. The van der Waals surface area contributed by atoms with E-state index in [0.29, 0.717) is 25.7 Å². The summed E-state index contributed by atoms with van der Waals surface area (Å²) in [4.78, 5) is 42.7. The normalized spacial score (nSPS) is 13.9. The highest BCUT2D eigenvalue weighted by Crippen LogP contribution is 2.36. The molecule has 10 heteroatoms. The maximum atomic E-state index is 12.4. The molecule has 0 aliphatic heterocycles. The lowest BCUT2D eigenvalue weighted by Crippen LogP contribution is -2.29. The molecule has 0 bridgehead atoms. The highest BCUT2D eigenvalue weighted by atomic mass is 31.2. The second kappa shape index (κ2) is 36.8. The second-order valence-electron chi connectivity index (χ2n) is 13.1. The molecule has 0 heterocycles. The summed E-state index contributed by atoms with van der Waals surface area (Å²) < 4.78 is 26.2. The predicted octanol–water partition coefficient (Wildman–Crippen LogP) is 10.9. The quantitative estimate of drug-likeness (QED) is 0.0190. The van der Waals surface area contributed by atoms with Crippen LogP contribution in [0.2, 0.25) is 0 Å². The number of aliphatic hydroxyl groups excluding tert-OH is 1. The van der Waals surface area contributed by atoms with Crippen LogP contribution in [0.5, 0.6) is 0 Å². The molecule has 0 amide bonds. The van der Waals surface area contributed by atoms with Crippen LogP contribution in [0.3, 0.4) is 0 Å². The first-order valence-corrected chi connectivity index (χ1v) is 21.4. The molecule has 9 nitrogen and oxygen atoms in total. The summed E-state index contributed by atoms with van der Waals surface area (Å²) in [7, 11) is -4.80. The molecule has 0 radical (unpaired) electrons. The van der Waals surface area contributed by atoms with E-state index in [0.717, 1.165) is 57.8 Å². The highest BCUT2D eigenvalue weighted by Gasteiger charge is 2.22. The van der Waals surface area contributed by atoms with Gasteiger partial charge in [0.15, 0.2) is 6.10 Å². The molecule has 52 heavy (non-hydrogen) atoms. The SMILES string of the molecule is CCCCC/C=C\C/C=C\CCCCCCCCC(=O)OC[C@H](COP(=O)(O)O)OC(=O)CCC/C=C/C=C\C(O)C/C=C\C/C=C\CCCCC. The Morgan fingerprint density at radius 3 is 1.71 bits per heavy atom. The molecule has 0 saturated carbocycles. The molecule has 0 rings (SSSR count). The fourth-order valence-electron chi connectivity index (χ4n) is 5.00. The van der Waals surface area contributed by atoms with Crippen LogP contribution in [0.1, 0.15) is 155 Å². The Morgan fingerprint density at radius 2 is 1.12 bits per heavy atom. The minimum Gasteiger partial charge on any atom is -0.462 e. The molecule has 1 unspecified atom stereocenters. The average Bonchev–Trinajstić information content (AvgIpc) is 3.11. The predicted molar refractivity (Wildman–Crippen MR) is 213 cm³/mol. The summed E-state index contributed by atoms with van der Waals surface area (Å²) in [5.41, 5.74) is 0. The Kier molecular flexibility index (Phi) is 35.0. The van der Waals surface area contributed by atoms with Crippen molar-refractivity contribution in [2.45, 2.75) is 167 Å². The van der Waals surface area contributed by atoms with Crippen molar-refractivity contribution in [3.8, 4) is 0 Å². The van der Waals surface area contributed by atoms with Crippen molar-refractivity contribution in [2.75, 3.05) is 13.2 Å². The second-order valence-corrected chi connectivity index (χ2v) is 14.3. The van der Waals surface area contributed by atoms with Crippen molar-refractivity contribution in [3.05, 3.63) is 72.9 Å². The lowest BCUT2D eigenvalue weighted by molar-refractivity contribution is -0.161. The standard InChI is InChI=1S/C42H71O9P/c1-3-5-7-9-11-13-14-15-16-17-18-19-21-23-27-31-35-41(44)49-37-40(38-50-52(46,47)48)51-42(45)36-32-28-24-26-30-34-39(43)33-29-25-22-20-12-10-8-6-4-2/h11-13,15-16,20,24-26,29-30,34,39-40,43H,3-10,14,17-19,21-23,27-28,31-33,35-38H2,1-2H3,(H2,46,47,48)/b13-11-,16-15-,20-12-,26-24+,29-25-,34-30-/t39?,40-/m1/s1. The molecule has 3 N–H and O–H groups in total. The maximum Gasteiger partial charge on any atom is 0.469 e. The van der Waals surface area contributed by atoms with Gasteiger partial charge in [-0.15, -0.1) is 0 Å². The van der Waals surface area contributed by atoms with Crippen LogP contribution < -0.4 is 0 Å². The summed E-state index contributed by atoms with van der Waals surface area (Å²) in [6, 6.07) is 0. The third kappa shape index (κ3) is 38.7. The molecule has 2 atom stereocenters. The van der Waals surface area contributed by atoms with Crippen molar-refractivity contribution >= 4 is 19.8 Å². The molecule has 0 fully saturated rings. The van der Waals surface area contributed by atoms with E-state index >= 15 is 0 Å². The van der Waals surface area contributed by atoms with E-state index in [2.05, 4.69) is 60.9 Å². The van der Waals surface area contributed by atoms with Gasteiger partial charge < -0.3 is 24.4 Å². The third-order valence-electron chi connectivity index (χ3n) is 8.03. The van der Waals surface area contributed by atoms with Gasteiger partial charge in [0.1, 0.15) is 6.61 Å². The molecular formula is C42H71O9P. The number of hydrogen-bond donors (Lipinski definition) is 3. The summed E-state index contributed by atoms with van der Waals surface area (Å²) >= 11 is 0. The minimum absolute atomic E-state index is 0.0711. The van der Waals surface area contributed by atoms with E-state index in [1.165, 1.54) is 44.9 Å². The number of hydrogen-bond acceptors (Lipinski definition) is 7. The summed E-state index contributed by atoms with van der Waals surface area (Å²) in [5, 5.41) is 10.1. The Labute approximate surface area is 315 Å². The van der Waals surface area contributed by atoms with Crippen LogP contribution in [0.15, 0.2) is 72.9 Å². The molecule has 0 aromatic heterocycles. The van der Waals surface area contributed by atoms with Crippen molar-refractivity contribution in [1.82, 2.24) is 0 Å². The number of aliphatic hydroxyl groups is 1. The minimum atomic E-state index is -4.80. The first kappa shape index (κ1) is 49.5. The lowest BCUT2D eigenvalue weighted by atomic mass is 10.1. The number of ether oxygens (including phenoxy) is 2. The van der Waals surface area contributed by atoms with Crippen LogP contribution in [-0.4, -0.2) is 52.3 Å². The van der Waals surface area contributed by atoms with Crippen LogP contribution >= 0.6 is 7.82 Å². The van der Waals surface area contributed by atoms with Gasteiger partial charge in [0.2, 0.25) is 0 Å². The Morgan fingerprint density at radius 1 is 0.596 bits per heavy atom. The fraction of sp³-hybridized carbons (Fsp3) is 0.667. The number of carbonyl (C=O) groups is 2. The average molecular weight is 751 g/mol. The lowest BCUT2D eigenvalue weighted by Gasteiger charge is -2.18. The van der Waals surface area contributed by atoms with Crippen molar-refractivity contribution in [3.63, 3.8) is 0 Å². The zero-order chi connectivity index (χ0) is 38.4. The van der Waals surface area contributed by atoms with Crippen LogP contribution in [0.25, 0.3) is 0 Å². The van der Waals surface area contributed by atoms with Gasteiger partial charge >= 0.3 is 19.8 Å².